The molecule has 2 heterocycles. The third-order valence-corrected chi connectivity index (χ3v) is 3.60. The molecule has 7 heteroatoms. The molecular weight excluding hydrogens is 247 g/mol. The summed E-state index contributed by atoms with van der Waals surface area (Å²) < 4.78 is 37.8. The van der Waals surface area contributed by atoms with Crippen molar-refractivity contribution in [3.05, 3.63) is 0 Å². The summed E-state index contributed by atoms with van der Waals surface area (Å²) in [7, 11) is -3.46. The fraction of sp³-hybridized carbons (Fsp3) is 1.00. The number of hydrogen-bond acceptors (Lipinski definition) is 6. The molecule has 2 fully saturated rings. The first-order valence-electron chi connectivity index (χ1n) is 5.84. The Balaban J connectivity index is 1.75. The lowest BCUT2D eigenvalue weighted by molar-refractivity contribution is 0.0930. The SMILES string of the molecule is CC(C)COP(=O)(OCC1CO1)OCC1CO1. The van der Waals surface area contributed by atoms with Gasteiger partial charge < -0.3 is 9.47 Å². The van der Waals surface area contributed by atoms with E-state index in [4.69, 9.17) is 23.0 Å². The van der Waals surface area contributed by atoms with Gasteiger partial charge in [0.25, 0.3) is 0 Å². The van der Waals surface area contributed by atoms with Crippen LogP contribution < -0.4 is 0 Å². The first-order valence-corrected chi connectivity index (χ1v) is 7.30. The normalized spacial score (nSPS) is 30.3. The minimum atomic E-state index is -3.46. The molecule has 2 aliphatic heterocycles. The van der Waals surface area contributed by atoms with Crippen molar-refractivity contribution < 1.29 is 27.6 Å². The fourth-order valence-corrected chi connectivity index (χ4v) is 2.43. The van der Waals surface area contributed by atoms with Crippen LogP contribution in [0.25, 0.3) is 0 Å². The van der Waals surface area contributed by atoms with Crippen molar-refractivity contribution in [2.24, 2.45) is 5.92 Å². The van der Waals surface area contributed by atoms with Crippen LogP contribution in [0.5, 0.6) is 0 Å². The van der Waals surface area contributed by atoms with E-state index in [1.54, 1.807) is 0 Å². The number of rotatable bonds is 9. The standard InChI is InChI=1S/C10H19O6P/c1-8(2)3-14-17(11,15-6-9-4-12-9)16-7-10-5-13-10/h8-10H,3-7H2,1-2H3. The molecule has 2 unspecified atom stereocenters. The summed E-state index contributed by atoms with van der Waals surface area (Å²) in [4.78, 5) is 0. The number of phosphoric ester groups is 1. The summed E-state index contributed by atoms with van der Waals surface area (Å²) in [6, 6.07) is 0. The van der Waals surface area contributed by atoms with E-state index >= 15 is 0 Å². The molecule has 0 radical (unpaired) electrons. The van der Waals surface area contributed by atoms with Crippen LogP contribution in [0.3, 0.4) is 0 Å². The maximum atomic E-state index is 12.2. The lowest BCUT2D eigenvalue weighted by atomic mass is 10.2. The highest BCUT2D eigenvalue weighted by molar-refractivity contribution is 7.48. The molecule has 2 rings (SSSR count). The van der Waals surface area contributed by atoms with Gasteiger partial charge in [-0.25, -0.2) is 4.57 Å². The van der Waals surface area contributed by atoms with Crippen LogP contribution in [0.2, 0.25) is 0 Å². The molecule has 2 saturated heterocycles. The van der Waals surface area contributed by atoms with Crippen LogP contribution in [0.15, 0.2) is 0 Å². The largest absolute Gasteiger partial charge is 0.474 e. The Morgan fingerprint density at radius 2 is 1.59 bits per heavy atom. The van der Waals surface area contributed by atoms with Crippen molar-refractivity contribution in [1.29, 1.82) is 0 Å². The monoisotopic (exact) mass is 266 g/mol. The molecular formula is C10H19O6P. The summed E-state index contributed by atoms with van der Waals surface area (Å²) in [5.41, 5.74) is 0. The van der Waals surface area contributed by atoms with E-state index in [1.807, 2.05) is 13.8 Å². The van der Waals surface area contributed by atoms with Crippen molar-refractivity contribution in [1.82, 2.24) is 0 Å². The molecule has 0 aromatic carbocycles. The van der Waals surface area contributed by atoms with Crippen molar-refractivity contribution in [2.75, 3.05) is 33.0 Å². The topological polar surface area (TPSA) is 69.8 Å². The fourth-order valence-electron chi connectivity index (χ4n) is 1.03. The van der Waals surface area contributed by atoms with Crippen LogP contribution in [0.4, 0.5) is 0 Å². The van der Waals surface area contributed by atoms with Gasteiger partial charge >= 0.3 is 7.82 Å². The number of hydrogen-bond donors (Lipinski definition) is 0. The van der Waals surface area contributed by atoms with Crippen LogP contribution in [-0.2, 0) is 27.6 Å². The van der Waals surface area contributed by atoms with E-state index in [-0.39, 0.29) is 31.3 Å². The average Bonchev–Trinajstić information content (AvgIpc) is 3.16. The zero-order chi connectivity index (χ0) is 12.3. The zero-order valence-electron chi connectivity index (χ0n) is 10.2. The molecule has 2 atom stereocenters. The van der Waals surface area contributed by atoms with Gasteiger partial charge in [0.2, 0.25) is 0 Å². The van der Waals surface area contributed by atoms with Crippen molar-refractivity contribution in [2.45, 2.75) is 26.1 Å². The second kappa shape index (κ2) is 5.78. The molecule has 17 heavy (non-hydrogen) atoms. The molecule has 0 aromatic heterocycles. The van der Waals surface area contributed by atoms with E-state index in [0.29, 0.717) is 19.8 Å². The first-order chi connectivity index (χ1) is 8.07. The maximum Gasteiger partial charge on any atom is 0.474 e. The Labute approximate surface area is 101 Å². The predicted octanol–water partition coefficient (Wildman–Crippen LogP) is 1.60. The van der Waals surface area contributed by atoms with Gasteiger partial charge in [0.1, 0.15) is 12.2 Å². The number of epoxide rings is 2. The minimum Gasteiger partial charge on any atom is -0.371 e. The van der Waals surface area contributed by atoms with Gasteiger partial charge in [-0.15, -0.1) is 0 Å². The Kier molecular flexibility index (Phi) is 4.58. The van der Waals surface area contributed by atoms with E-state index in [0.717, 1.165) is 0 Å². The predicted molar refractivity (Wildman–Crippen MR) is 59.8 cm³/mol. The molecule has 0 aromatic rings. The lowest BCUT2D eigenvalue weighted by Gasteiger charge is -2.18. The van der Waals surface area contributed by atoms with Gasteiger partial charge in [-0.3, -0.25) is 13.6 Å². The highest BCUT2D eigenvalue weighted by Gasteiger charge is 2.35. The molecule has 0 N–H and O–H groups in total. The number of phosphoric acid groups is 1. The molecule has 0 amide bonds. The summed E-state index contributed by atoms with van der Waals surface area (Å²) in [5.74, 6) is 0.268. The van der Waals surface area contributed by atoms with Crippen molar-refractivity contribution in [3.63, 3.8) is 0 Å². The van der Waals surface area contributed by atoms with Gasteiger partial charge in [0.15, 0.2) is 0 Å². The Hall–Kier alpha value is 0.0300. The molecule has 0 spiro atoms. The van der Waals surface area contributed by atoms with Gasteiger partial charge in [0, 0.05) is 0 Å². The summed E-state index contributed by atoms with van der Waals surface area (Å²) >= 11 is 0. The quantitative estimate of drug-likeness (QED) is 0.466. The molecule has 0 bridgehead atoms. The van der Waals surface area contributed by atoms with Crippen LogP contribution in [0.1, 0.15) is 13.8 Å². The third kappa shape index (κ3) is 5.46. The van der Waals surface area contributed by atoms with Gasteiger partial charge in [-0.05, 0) is 5.92 Å². The molecule has 100 valence electrons. The van der Waals surface area contributed by atoms with Crippen LogP contribution >= 0.6 is 7.82 Å². The van der Waals surface area contributed by atoms with E-state index < -0.39 is 7.82 Å². The van der Waals surface area contributed by atoms with Gasteiger partial charge in [-0.1, -0.05) is 13.8 Å². The van der Waals surface area contributed by atoms with Gasteiger partial charge in [-0.2, -0.15) is 0 Å². The summed E-state index contributed by atoms with van der Waals surface area (Å²) in [6.45, 7) is 6.08. The van der Waals surface area contributed by atoms with Crippen molar-refractivity contribution >= 4 is 7.82 Å². The highest BCUT2D eigenvalue weighted by Crippen LogP contribution is 2.50. The highest BCUT2D eigenvalue weighted by atomic mass is 31.2. The summed E-state index contributed by atoms with van der Waals surface area (Å²) in [6.07, 6.45) is 0.0681. The zero-order valence-corrected chi connectivity index (χ0v) is 11.1. The molecule has 6 nitrogen and oxygen atoms in total. The summed E-state index contributed by atoms with van der Waals surface area (Å²) in [5, 5.41) is 0. The van der Waals surface area contributed by atoms with Gasteiger partial charge in [0.05, 0.1) is 33.0 Å². The average molecular weight is 266 g/mol. The maximum absolute atomic E-state index is 12.2. The molecule has 0 saturated carbocycles. The Morgan fingerprint density at radius 3 is 1.94 bits per heavy atom. The Morgan fingerprint density at radius 1 is 1.12 bits per heavy atom. The second-order valence-electron chi connectivity index (χ2n) is 4.64. The minimum absolute atomic E-state index is 0.0340. The van der Waals surface area contributed by atoms with E-state index in [2.05, 4.69) is 0 Å². The van der Waals surface area contributed by atoms with Crippen molar-refractivity contribution in [3.8, 4) is 0 Å². The number of ether oxygens (including phenoxy) is 2. The lowest BCUT2D eigenvalue weighted by Crippen LogP contribution is -2.10. The molecule has 0 aliphatic carbocycles. The first kappa shape index (κ1) is 13.5. The smallest absolute Gasteiger partial charge is 0.371 e. The third-order valence-electron chi connectivity index (χ3n) is 2.21. The van der Waals surface area contributed by atoms with Crippen LogP contribution in [-0.4, -0.2) is 45.2 Å². The van der Waals surface area contributed by atoms with Crippen LogP contribution in [0, 0.1) is 5.92 Å². The second-order valence-corrected chi connectivity index (χ2v) is 6.31. The Bertz CT molecular complexity index is 253. The van der Waals surface area contributed by atoms with E-state index in [9.17, 15) is 4.57 Å². The molecule has 2 aliphatic rings. The van der Waals surface area contributed by atoms with E-state index in [1.165, 1.54) is 0 Å².